The lowest BCUT2D eigenvalue weighted by molar-refractivity contribution is 0.0950. The largest absolute Gasteiger partial charge is 0.388 e. The third kappa shape index (κ3) is 5.09. The van der Waals surface area contributed by atoms with Gasteiger partial charge in [-0.05, 0) is 19.1 Å². The summed E-state index contributed by atoms with van der Waals surface area (Å²) >= 11 is 1.75. The maximum absolute atomic E-state index is 9.40. The summed E-state index contributed by atoms with van der Waals surface area (Å²) in [4.78, 5) is 0. The number of aliphatic hydroxyl groups is 1. The van der Waals surface area contributed by atoms with Crippen LogP contribution in [0.2, 0.25) is 0 Å². The molecule has 3 heteroatoms. The lowest BCUT2D eigenvalue weighted by atomic mass is 10.1. The van der Waals surface area contributed by atoms with Gasteiger partial charge in [0, 0.05) is 12.3 Å². The first-order valence-electron chi connectivity index (χ1n) is 3.62. The van der Waals surface area contributed by atoms with E-state index in [1.165, 1.54) is 0 Å². The number of hydrogen-bond donors (Lipinski definition) is 2. The highest BCUT2D eigenvalue weighted by atomic mass is 32.2. The first-order valence-corrected chi connectivity index (χ1v) is 4.78. The van der Waals surface area contributed by atoms with Gasteiger partial charge in [-0.3, -0.25) is 0 Å². The molecule has 0 spiro atoms. The van der Waals surface area contributed by atoms with Gasteiger partial charge in [0.1, 0.15) is 0 Å². The van der Waals surface area contributed by atoms with Crippen molar-refractivity contribution in [2.24, 2.45) is 5.73 Å². The van der Waals surface area contributed by atoms with Crippen LogP contribution in [0, 0.1) is 0 Å². The molecule has 1 unspecified atom stereocenters. The maximum atomic E-state index is 9.40. The van der Waals surface area contributed by atoms with Gasteiger partial charge in [0.05, 0.1) is 5.60 Å². The maximum Gasteiger partial charge on any atom is 0.0831 e. The van der Waals surface area contributed by atoms with Crippen LogP contribution in [0.15, 0.2) is 0 Å². The van der Waals surface area contributed by atoms with E-state index in [-0.39, 0.29) is 0 Å². The zero-order valence-corrected chi connectivity index (χ0v) is 7.58. The van der Waals surface area contributed by atoms with E-state index in [0.29, 0.717) is 6.54 Å². The predicted octanol–water partition coefficient (Wildman–Crippen LogP) is 0.839. The second-order valence-corrected chi connectivity index (χ2v) is 3.86. The highest BCUT2D eigenvalue weighted by Gasteiger charge is 2.16. The van der Waals surface area contributed by atoms with E-state index in [1.807, 2.05) is 0 Å². The molecule has 0 amide bonds. The molecule has 0 bridgehead atoms. The summed E-state index contributed by atoms with van der Waals surface area (Å²) in [5.74, 6) is 1.85. The molecule has 0 aliphatic heterocycles. The van der Waals surface area contributed by atoms with Crippen molar-refractivity contribution in [3.63, 3.8) is 0 Å². The van der Waals surface area contributed by atoms with Crippen LogP contribution < -0.4 is 5.73 Å². The average Bonchev–Trinajstić information content (AvgIpc) is 1.89. The van der Waals surface area contributed by atoms with Crippen molar-refractivity contribution in [1.82, 2.24) is 0 Å². The van der Waals surface area contributed by atoms with E-state index >= 15 is 0 Å². The van der Waals surface area contributed by atoms with Gasteiger partial charge in [-0.2, -0.15) is 11.8 Å². The summed E-state index contributed by atoms with van der Waals surface area (Å²) in [5.41, 5.74) is 4.66. The molecule has 0 aromatic carbocycles. The number of hydrogen-bond acceptors (Lipinski definition) is 3. The van der Waals surface area contributed by atoms with Crippen molar-refractivity contribution in [2.45, 2.75) is 25.9 Å². The van der Waals surface area contributed by atoms with Gasteiger partial charge in [0.2, 0.25) is 0 Å². The van der Waals surface area contributed by atoms with Crippen LogP contribution in [0.3, 0.4) is 0 Å². The lowest BCUT2D eigenvalue weighted by Gasteiger charge is -2.19. The Bertz CT molecular complexity index is 85.7. The molecule has 0 aliphatic carbocycles. The van der Waals surface area contributed by atoms with Crippen molar-refractivity contribution < 1.29 is 5.11 Å². The first-order chi connectivity index (χ1) is 4.62. The van der Waals surface area contributed by atoms with Crippen molar-refractivity contribution in [3.05, 3.63) is 0 Å². The second-order valence-electron chi connectivity index (χ2n) is 2.75. The molecule has 0 aliphatic rings. The van der Waals surface area contributed by atoms with E-state index in [9.17, 15) is 5.11 Å². The van der Waals surface area contributed by atoms with Gasteiger partial charge >= 0.3 is 0 Å². The Hall–Kier alpha value is 0.270. The molecule has 0 aromatic heterocycles. The molecule has 0 saturated heterocycles. The van der Waals surface area contributed by atoms with Crippen LogP contribution in [0.25, 0.3) is 0 Å². The summed E-state index contributed by atoms with van der Waals surface area (Å²) in [5, 5.41) is 9.40. The predicted molar refractivity (Wildman–Crippen MR) is 47.3 cm³/mol. The Morgan fingerprint density at radius 3 is 2.60 bits per heavy atom. The molecule has 1 atom stereocenters. The van der Waals surface area contributed by atoms with Crippen LogP contribution in [0.1, 0.15) is 20.3 Å². The van der Waals surface area contributed by atoms with Crippen LogP contribution in [0.4, 0.5) is 0 Å². The standard InChI is InChI=1S/C7H17NOS/c1-3-4-10-6-7(2,9)5-8/h9H,3-6,8H2,1-2H3. The smallest absolute Gasteiger partial charge is 0.0831 e. The minimum atomic E-state index is -0.667. The van der Waals surface area contributed by atoms with Gasteiger partial charge in [-0.1, -0.05) is 6.92 Å². The molecule has 3 N–H and O–H groups in total. The van der Waals surface area contributed by atoms with E-state index in [2.05, 4.69) is 6.92 Å². The fourth-order valence-corrected chi connectivity index (χ4v) is 1.49. The molecule has 0 fully saturated rings. The molecule has 0 rings (SSSR count). The van der Waals surface area contributed by atoms with Gasteiger partial charge < -0.3 is 10.8 Å². The fourth-order valence-electron chi connectivity index (χ4n) is 0.495. The van der Waals surface area contributed by atoms with Crippen LogP contribution in [-0.4, -0.2) is 28.8 Å². The van der Waals surface area contributed by atoms with E-state index in [0.717, 1.165) is 17.9 Å². The van der Waals surface area contributed by atoms with Crippen molar-refractivity contribution in [2.75, 3.05) is 18.1 Å². The van der Waals surface area contributed by atoms with Gasteiger partial charge in [-0.25, -0.2) is 0 Å². The highest BCUT2D eigenvalue weighted by Crippen LogP contribution is 2.11. The molecule has 0 saturated carbocycles. The van der Waals surface area contributed by atoms with Crippen molar-refractivity contribution >= 4 is 11.8 Å². The highest BCUT2D eigenvalue weighted by molar-refractivity contribution is 7.99. The summed E-state index contributed by atoms with van der Waals surface area (Å²) in [6.45, 7) is 4.25. The summed E-state index contributed by atoms with van der Waals surface area (Å²) in [7, 11) is 0. The molecular weight excluding hydrogens is 146 g/mol. The number of nitrogens with two attached hydrogens (primary N) is 1. The molecule has 62 valence electrons. The SMILES string of the molecule is CCCSCC(C)(O)CN. The minimum absolute atomic E-state index is 0.351. The molecule has 2 nitrogen and oxygen atoms in total. The van der Waals surface area contributed by atoms with Gasteiger partial charge in [-0.15, -0.1) is 0 Å². The molecule has 0 radical (unpaired) electrons. The Morgan fingerprint density at radius 1 is 1.60 bits per heavy atom. The van der Waals surface area contributed by atoms with E-state index in [4.69, 9.17) is 5.73 Å². The fraction of sp³-hybridized carbons (Fsp3) is 1.00. The van der Waals surface area contributed by atoms with Crippen LogP contribution in [-0.2, 0) is 0 Å². The monoisotopic (exact) mass is 163 g/mol. The second kappa shape index (κ2) is 4.99. The zero-order chi connectivity index (χ0) is 8.04. The van der Waals surface area contributed by atoms with Gasteiger partial charge in [0.25, 0.3) is 0 Å². The third-order valence-electron chi connectivity index (χ3n) is 1.20. The summed E-state index contributed by atoms with van der Waals surface area (Å²) in [6, 6.07) is 0. The Morgan fingerprint density at radius 2 is 2.20 bits per heavy atom. The third-order valence-corrected chi connectivity index (χ3v) is 2.72. The van der Waals surface area contributed by atoms with Crippen molar-refractivity contribution in [3.8, 4) is 0 Å². The topological polar surface area (TPSA) is 46.2 Å². The summed E-state index contributed by atoms with van der Waals surface area (Å²) < 4.78 is 0. The minimum Gasteiger partial charge on any atom is -0.388 e. The molecule has 0 heterocycles. The van der Waals surface area contributed by atoms with E-state index < -0.39 is 5.60 Å². The lowest BCUT2D eigenvalue weighted by Crippen LogP contribution is -2.36. The van der Waals surface area contributed by atoms with Gasteiger partial charge in [0.15, 0.2) is 0 Å². The van der Waals surface area contributed by atoms with Crippen LogP contribution >= 0.6 is 11.8 Å². The number of rotatable bonds is 5. The first kappa shape index (κ1) is 10.3. The molecule has 0 aromatic rings. The van der Waals surface area contributed by atoms with Crippen molar-refractivity contribution in [1.29, 1.82) is 0 Å². The quantitative estimate of drug-likeness (QED) is 0.590. The van der Waals surface area contributed by atoms with Crippen LogP contribution in [0.5, 0.6) is 0 Å². The van der Waals surface area contributed by atoms with E-state index in [1.54, 1.807) is 18.7 Å². The normalized spacial score (nSPS) is 16.8. The number of thioether (sulfide) groups is 1. The molecular formula is C7H17NOS. The zero-order valence-electron chi connectivity index (χ0n) is 6.76. The average molecular weight is 163 g/mol. The Balaban J connectivity index is 3.28. The summed E-state index contributed by atoms with van der Waals surface area (Å²) in [6.07, 6.45) is 1.16. The Kier molecular flexibility index (Phi) is 5.13. The molecule has 10 heavy (non-hydrogen) atoms. The Labute approximate surface area is 67.2 Å².